The predicted molar refractivity (Wildman–Crippen MR) is 498 cm³/mol. The summed E-state index contributed by atoms with van der Waals surface area (Å²) in [6, 6.07) is 61.6. The molecule has 0 N–H and O–H groups in total. The molecule has 2 aliphatic carbocycles. The van der Waals surface area contributed by atoms with Gasteiger partial charge in [0.2, 0.25) is 0 Å². The first-order valence-electron chi connectivity index (χ1n) is 46.4. The summed E-state index contributed by atoms with van der Waals surface area (Å²) in [7, 11) is 0. The number of hydrogen-bond donors (Lipinski definition) is 0. The summed E-state index contributed by atoms with van der Waals surface area (Å²) in [6.07, 6.45) is 45.1. The lowest BCUT2D eigenvalue weighted by Crippen LogP contribution is -2.49. The lowest BCUT2D eigenvalue weighted by Gasteiger charge is -2.32. The fraction of sp³-hybridized carbons (Fsp3) is 0.481. The highest BCUT2D eigenvalue weighted by atomic mass is 32.1. The van der Waals surface area contributed by atoms with Crippen molar-refractivity contribution in [1.29, 1.82) is 0 Å². The number of unbranched alkanes of at least 4 members (excludes halogenated alkanes) is 24. The molecule has 8 aromatic carbocycles. The van der Waals surface area contributed by atoms with E-state index in [4.69, 9.17) is 17.5 Å². The van der Waals surface area contributed by atoms with E-state index >= 15 is 8.78 Å². The molecular formula is C104H130B2F2N6S2. The molecule has 0 fully saturated rings. The lowest BCUT2D eigenvalue weighted by molar-refractivity contribution is 0.401. The highest BCUT2D eigenvalue weighted by Gasteiger charge is 2.50. The summed E-state index contributed by atoms with van der Waals surface area (Å²) < 4.78 is 66.9. The Bertz CT molecular complexity index is 4690. The molecule has 0 radical (unpaired) electrons. The molecule has 0 aliphatic heterocycles. The minimum atomic E-state index is -0.466. The van der Waals surface area contributed by atoms with Crippen molar-refractivity contribution >= 4 is 91.8 Å². The van der Waals surface area contributed by atoms with Crippen molar-refractivity contribution in [3.8, 4) is 45.0 Å². The van der Waals surface area contributed by atoms with Gasteiger partial charge >= 0.3 is 13.7 Å². The maximum Gasteiger partial charge on any atom is 0.328 e. The van der Waals surface area contributed by atoms with Gasteiger partial charge in [0.1, 0.15) is 22.1 Å². The molecule has 2 aliphatic rings. The van der Waals surface area contributed by atoms with Crippen LogP contribution in [-0.4, -0.2) is 40.1 Å². The van der Waals surface area contributed by atoms with E-state index in [0.717, 1.165) is 222 Å². The Morgan fingerprint density at radius 3 is 0.828 bits per heavy atom. The molecule has 0 saturated carbocycles. The van der Waals surface area contributed by atoms with Crippen molar-refractivity contribution in [1.82, 2.24) is 26.5 Å². The van der Waals surface area contributed by atoms with Gasteiger partial charge in [-0.05, 0) is 134 Å². The predicted octanol–water partition coefficient (Wildman–Crippen LogP) is 28.3. The van der Waals surface area contributed by atoms with Gasteiger partial charge in [-0.25, -0.2) is 8.78 Å². The van der Waals surface area contributed by atoms with Gasteiger partial charge in [-0.1, -0.05) is 403 Å². The van der Waals surface area contributed by atoms with Crippen LogP contribution in [0.25, 0.3) is 77.9 Å². The van der Waals surface area contributed by atoms with Crippen LogP contribution < -0.4 is 21.9 Å². The number of rotatable bonds is 48. The molecule has 0 saturated heterocycles. The second-order valence-electron chi connectivity index (χ2n) is 34.9. The van der Waals surface area contributed by atoms with Gasteiger partial charge in [0.25, 0.3) is 0 Å². The molecule has 0 unspecified atom stereocenters. The van der Waals surface area contributed by atoms with Gasteiger partial charge < -0.3 is 8.96 Å². The van der Waals surface area contributed by atoms with E-state index < -0.39 is 25.3 Å². The molecule has 6 nitrogen and oxygen atoms in total. The third-order valence-corrected chi connectivity index (χ3v) is 27.9. The average molecular weight is 1590 g/mol. The van der Waals surface area contributed by atoms with Gasteiger partial charge in [-0.2, -0.15) is 17.5 Å². The van der Waals surface area contributed by atoms with E-state index in [1.54, 1.807) is 0 Å². The van der Waals surface area contributed by atoms with E-state index in [1.165, 1.54) is 158 Å². The summed E-state index contributed by atoms with van der Waals surface area (Å²) in [6.45, 7) is 17.5. The molecule has 4 aromatic heterocycles. The zero-order valence-electron chi connectivity index (χ0n) is 71.7. The molecule has 14 rings (SSSR count). The molecule has 116 heavy (non-hydrogen) atoms. The molecule has 0 bridgehead atoms. The Balaban J connectivity index is 1.12. The minimum Gasteiger partial charge on any atom is -0.376 e. The number of benzene rings is 8. The number of halogens is 2. The summed E-state index contributed by atoms with van der Waals surface area (Å²) >= 11 is 2.04. The molecule has 12 aromatic rings. The van der Waals surface area contributed by atoms with Crippen molar-refractivity contribution in [2.45, 2.75) is 323 Å². The Hall–Kier alpha value is -7.79. The van der Waals surface area contributed by atoms with Gasteiger partial charge in [-0.3, -0.25) is 0 Å². The van der Waals surface area contributed by atoms with Crippen LogP contribution in [0.3, 0.4) is 0 Å². The number of aryl methyl sites for hydroxylation is 4. The standard InChI is InChI=1S/C104H130B2F2N6S2/c1-9-17-25-33-45-75-53-61-79(62-54-75)105(80-63-55-76(56-64-80)46-34-26-18-10-2)113-89(73-87-101(113)83-49-37-39-51-85(83)103(87,69-41-29-21-13-5)70-42-30-22-14-6)91-93-94(98-99(95(91)107)111-116-110-98)92(96(108)100-97(93)109-115-112-100)90-74-88-102(84-50-38-40-52-86(84)104(88,71-43-31-23-15-7)72-44-32-24-16-8)114(90)106(81-65-57-77(58-66-81)47-35-27-19-11-3)82-67-59-78(60-68-82)48-36-28-20-12-4/h37-40,49-68,73-74H,9-36,41-48,69-72H2,1-8H3. The van der Waals surface area contributed by atoms with E-state index in [1.807, 2.05) is 0 Å². The second-order valence-corrected chi connectivity index (χ2v) is 35.9. The zero-order valence-corrected chi connectivity index (χ0v) is 73.3. The first kappa shape index (κ1) is 84.7. The van der Waals surface area contributed by atoms with E-state index in [0.29, 0.717) is 32.9 Å². The highest BCUT2D eigenvalue weighted by Crippen LogP contribution is 2.60. The number of hydrogen-bond acceptors (Lipinski definition) is 6. The molecule has 4 heterocycles. The van der Waals surface area contributed by atoms with E-state index in [2.05, 4.69) is 222 Å². The van der Waals surface area contributed by atoms with Gasteiger partial charge in [0.05, 0.1) is 23.5 Å². The van der Waals surface area contributed by atoms with Crippen LogP contribution in [0, 0.1) is 11.6 Å². The summed E-state index contributed by atoms with van der Waals surface area (Å²) in [5.41, 5.74) is 22.2. The van der Waals surface area contributed by atoms with Crippen molar-refractivity contribution in [3.05, 3.63) is 214 Å². The summed E-state index contributed by atoms with van der Waals surface area (Å²) in [5.74, 6) is -0.933. The van der Waals surface area contributed by atoms with Gasteiger partial charge in [0.15, 0.2) is 11.6 Å². The first-order valence-corrected chi connectivity index (χ1v) is 47.9. The third-order valence-electron chi connectivity index (χ3n) is 26.9. The number of nitrogens with zero attached hydrogens (tertiary/aromatic N) is 6. The fourth-order valence-corrected chi connectivity index (χ4v) is 21.7. The first-order chi connectivity index (χ1) is 57.1. The van der Waals surface area contributed by atoms with Gasteiger partial charge in [0, 0.05) is 66.6 Å². The molecule has 0 atom stereocenters. The van der Waals surface area contributed by atoms with Crippen molar-refractivity contribution < 1.29 is 8.78 Å². The van der Waals surface area contributed by atoms with Crippen LogP contribution in [0.5, 0.6) is 0 Å². The highest BCUT2D eigenvalue weighted by molar-refractivity contribution is 7.00. The zero-order chi connectivity index (χ0) is 80.4. The number of aromatic nitrogens is 6. The SMILES string of the molecule is CCCCCCc1ccc(B(c2ccc(CCCCCC)cc2)n2c(-c3c(F)c4nsnc4c4c(-c5cc6c(n5B(c5ccc(CCCCCC)cc5)c5ccc(CCCCCC)cc5)-c5ccccc5C6(CCCCCC)CCCCCC)c(F)c5nsnc5c34)cc3c2-c2ccccc2C3(CCCCCC)CCCCCC)cc1. The van der Waals surface area contributed by atoms with Crippen LogP contribution >= 0.6 is 23.5 Å². The average Bonchev–Trinajstić information content (AvgIpc) is 1.51. The second kappa shape index (κ2) is 40.8. The third kappa shape index (κ3) is 17.6. The quantitative estimate of drug-likeness (QED) is 0.0282. The monoisotopic (exact) mass is 1590 g/mol. The van der Waals surface area contributed by atoms with Crippen molar-refractivity contribution in [3.63, 3.8) is 0 Å². The molecule has 608 valence electrons. The maximum atomic E-state index is 20.5. The smallest absolute Gasteiger partial charge is 0.328 e. The fourth-order valence-electron chi connectivity index (χ4n) is 20.6. The minimum absolute atomic E-state index is 0.147. The van der Waals surface area contributed by atoms with Crippen LogP contribution in [-0.2, 0) is 36.5 Å². The largest absolute Gasteiger partial charge is 0.376 e. The van der Waals surface area contributed by atoms with Crippen LogP contribution in [0.1, 0.15) is 331 Å². The van der Waals surface area contributed by atoms with Crippen molar-refractivity contribution in [2.24, 2.45) is 0 Å². The molecule has 0 amide bonds. The molecule has 0 spiro atoms. The maximum absolute atomic E-state index is 20.5. The Kier molecular flexibility index (Phi) is 29.8. The summed E-state index contributed by atoms with van der Waals surface area (Å²) in [5, 5.41) is 1.06. The molecular weight excluding hydrogens is 1460 g/mol. The Labute approximate surface area is 704 Å². The topological polar surface area (TPSA) is 61.4 Å². The van der Waals surface area contributed by atoms with Crippen LogP contribution in [0.2, 0.25) is 0 Å². The normalized spacial score (nSPS) is 13.2. The lowest BCUT2D eigenvalue weighted by atomic mass is 9.49. The summed E-state index contributed by atoms with van der Waals surface area (Å²) in [4.78, 5) is 0. The van der Waals surface area contributed by atoms with Crippen LogP contribution in [0.4, 0.5) is 8.78 Å². The van der Waals surface area contributed by atoms with E-state index in [9.17, 15) is 0 Å². The Morgan fingerprint density at radius 1 is 0.293 bits per heavy atom. The van der Waals surface area contributed by atoms with Gasteiger partial charge in [-0.15, -0.1) is 0 Å². The van der Waals surface area contributed by atoms with Crippen LogP contribution in [0.15, 0.2) is 158 Å². The van der Waals surface area contributed by atoms with Crippen molar-refractivity contribution in [2.75, 3.05) is 0 Å². The van der Waals surface area contributed by atoms with E-state index in [-0.39, 0.29) is 21.9 Å². The molecule has 12 heteroatoms. The number of fused-ring (bicyclic) bond motifs is 11. The Morgan fingerprint density at radius 2 is 0.552 bits per heavy atom.